The van der Waals surface area contributed by atoms with Crippen LogP contribution in [0.3, 0.4) is 0 Å². The number of nitrogens with zero attached hydrogens (tertiary/aromatic N) is 5. The molecule has 0 bridgehead atoms. The largest absolute Gasteiger partial charge is 0.361 e. The van der Waals surface area contributed by atoms with Crippen molar-refractivity contribution in [3.63, 3.8) is 0 Å². The smallest absolute Gasteiger partial charge is 0.259 e. The van der Waals surface area contributed by atoms with E-state index in [4.69, 9.17) is 9.51 Å². The molecule has 3 aromatic rings. The Hall–Kier alpha value is -3.09. The molecule has 0 aliphatic carbocycles. The molecule has 1 amide bonds. The maximum Gasteiger partial charge on any atom is 0.259 e. The van der Waals surface area contributed by atoms with Gasteiger partial charge in [-0.1, -0.05) is 5.16 Å². The molecule has 1 fully saturated rings. The molecule has 1 atom stereocenters. The fourth-order valence-electron chi connectivity index (χ4n) is 3.72. The first kappa shape index (κ1) is 17.3. The molecule has 0 saturated carbocycles. The highest BCUT2D eigenvalue weighted by molar-refractivity contribution is 5.96. The number of likely N-dealkylation sites (tertiary alicyclic amines) is 1. The van der Waals surface area contributed by atoms with Crippen molar-refractivity contribution in [2.24, 2.45) is 0 Å². The molecule has 1 aliphatic heterocycles. The molecular weight excluding hydrogens is 342 g/mol. The Morgan fingerprint density at radius 2 is 2.00 bits per heavy atom. The van der Waals surface area contributed by atoms with E-state index in [1.807, 2.05) is 30.2 Å². The molecule has 1 aliphatic rings. The summed E-state index contributed by atoms with van der Waals surface area (Å²) in [6.45, 7) is 6.13. The summed E-state index contributed by atoms with van der Waals surface area (Å²) in [4.78, 5) is 28.3. The van der Waals surface area contributed by atoms with Gasteiger partial charge in [-0.25, -0.2) is 9.97 Å². The van der Waals surface area contributed by atoms with E-state index in [1.54, 1.807) is 26.2 Å². The van der Waals surface area contributed by atoms with Crippen molar-refractivity contribution in [2.75, 3.05) is 6.54 Å². The molecule has 27 heavy (non-hydrogen) atoms. The zero-order valence-corrected chi connectivity index (χ0v) is 15.6. The Kier molecular flexibility index (Phi) is 4.43. The summed E-state index contributed by atoms with van der Waals surface area (Å²) < 4.78 is 5.20. The van der Waals surface area contributed by atoms with Crippen molar-refractivity contribution in [1.29, 1.82) is 0 Å². The van der Waals surface area contributed by atoms with Crippen LogP contribution in [0.1, 0.15) is 52.2 Å². The lowest BCUT2D eigenvalue weighted by Crippen LogP contribution is -2.32. The zero-order chi connectivity index (χ0) is 19.0. The molecule has 7 nitrogen and oxygen atoms in total. The molecule has 138 valence electrons. The molecule has 1 saturated heterocycles. The number of carbonyl (C=O) groups is 1. The van der Waals surface area contributed by atoms with Crippen molar-refractivity contribution in [1.82, 2.24) is 25.0 Å². The Labute approximate surface area is 157 Å². The summed E-state index contributed by atoms with van der Waals surface area (Å²) in [5, 5.41) is 3.93. The topological polar surface area (TPSA) is 85.0 Å². The van der Waals surface area contributed by atoms with E-state index in [-0.39, 0.29) is 11.9 Å². The average molecular weight is 363 g/mol. The Balaban J connectivity index is 1.77. The second-order valence-corrected chi connectivity index (χ2v) is 6.81. The molecule has 0 N–H and O–H groups in total. The first-order valence-corrected chi connectivity index (χ1v) is 9.04. The highest BCUT2D eigenvalue weighted by Gasteiger charge is 2.35. The number of aromatic nitrogens is 4. The van der Waals surface area contributed by atoms with Crippen molar-refractivity contribution < 1.29 is 9.32 Å². The third kappa shape index (κ3) is 3.09. The molecular formula is C20H21N5O2. The molecule has 3 aromatic heterocycles. The van der Waals surface area contributed by atoms with E-state index in [2.05, 4.69) is 15.1 Å². The number of aryl methyl sites for hydroxylation is 3. The van der Waals surface area contributed by atoms with Gasteiger partial charge >= 0.3 is 0 Å². The van der Waals surface area contributed by atoms with Crippen LogP contribution in [0.15, 0.2) is 35.2 Å². The number of hydrogen-bond donors (Lipinski definition) is 0. The number of hydrogen-bond acceptors (Lipinski definition) is 6. The van der Waals surface area contributed by atoms with Crippen LogP contribution in [-0.4, -0.2) is 37.5 Å². The number of pyridine rings is 1. The predicted octanol–water partition coefficient (Wildman–Crippen LogP) is 3.43. The van der Waals surface area contributed by atoms with Gasteiger partial charge in [0, 0.05) is 30.7 Å². The minimum Gasteiger partial charge on any atom is -0.361 e. The van der Waals surface area contributed by atoms with Crippen LogP contribution in [0, 0.1) is 20.8 Å². The Bertz CT molecular complexity index is 964. The molecule has 0 spiro atoms. The van der Waals surface area contributed by atoms with Crippen LogP contribution in [-0.2, 0) is 0 Å². The maximum atomic E-state index is 13.2. The fraction of sp³-hybridized carbons (Fsp3) is 0.350. The van der Waals surface area contributed by atoms with E-state index in [0.29, 0.717) is 29.4 Å². The molecule has 0 radical (unpaired) electrons. The molecule has 7 heteroatoms. The van der Waals surface area contributed by atoms with Gasteiger partial charge < -0.3 is 9.42 Å². The lowest BCUT2D eigenvalue weighted by molar-refractivity contribution is 0.0730. The van der Waals surface area contributed by atoms with Gasteiger partial charge in [-0.15, -0.1) is 0 Å². The van der Waals surface area contributed by atoms with Crippen LogP contribution >= 0.6 is 0 Å². The van der Waals surface area contributed by atoms with Crippen LogP contribution in [0.5, 0.6) is 0 Å². The predicted molar refractivity (Wildman–Crippen MR) is 99.0 cm³/mol. The zero-order valence-electron chi connectivity index (χ0n) is 15.6. The van der Waals surface area contributed by atoms with Crippen LogP contribution < -0.4 is 0 Å². The van der Waals surface area contributed by atoms with Crippen molar-refractivity contribution in [2.45, 2.75) is 39.7 Å². The van der Waals surface area contributed by atoms with E-state index < -0.39 is 0 Å². The summed E-state index contributed by atoms with van der Waals surface area (Å²) in [7, 11) is 0. The van der Waals surface area contributed by atoms with E-state index >= 15 is 0 Å². The third-order valence-corrected chi connectivity index (χ3v) is 5.01. The summed E-state index contributed by atoms with van der Waals surface area (Å²) in [6.07, 6.45) is 7.13. The molecule has 4 rings (SSSR count). The highest BCUT2D eigenvalue weighted by atomic mass is 16.5. The maximum absolute atomic E-state index is 13.2. The standard InChI is InChI=1S/C20H21N5O2/c1-12-18(13(2)27-24-12)20(26)25-10-4-5-17(25)19-16(11-22-14(3)23-19)15-6-8-21-9-7-15/h6-9,11,17H,4-5,10H2,1-3H3/t17-/m1/s1. The highest BCUT2D eigenvalue weighted by Crippen LogP contribution is 2.37. The molecule has 0 aromatic carbocycles. The van der Waals surface area contributed by atoms with E-state index in [1.165, 1.54) is 0 Å². The molecule has 0 unspecified atom stereocenters. The number of rotatable bonds is 3. The van der Waals surface area contributed by atoms with Gasteiger partial charge in [0.25, 0.3) is 5.91 Å². The minimum atomic E-state index is -0.101. The summed E-state index contributed by atoms with van der Waals surface area (Å²) >= 11 is 0. The van der Waals surface area contributed by atoms with E-state index in [0.717, 1.165) is 29.7 Å². The summed E-state index contributed by atoms with van der Waals surface area (Å²) in [5.74, 6) is 1.20. The minimum absolute atomic E-state index is 0.0503. The second kappa shape index (κ2) is 6.90. The second-order valence-electron chi connectivity index (χ2n) is 6.81. The third-order valence-electron chi connectivity index (χ3n) is 5.01. The van der Waals surface area contributed by atoms with Crippen molar-refractivity contribution in [3.05, 3.63) is 59.3 Å². The summed E-state index contributed by atoms with van der Waals surface area (Å²) in [5.41, 5.74) is 3.99. The summed E-state index contributed by atoms with van der Waals surface area (Å²) in [6, 6.07) is 3.77. The number of amides is 1. The van der Waals surface area contributed by atoms with E-state index in [9.17, 15) is 4.79 Å². The quantitative estimate of drug-likeness (QED) is 0.709. The Morgan fingerprint density at radius 3 is 2.70 bits per heavy atom. The van der Waals surface area contributed by atoms with Gasteiger partial charge in [-0.05, 0) is 51.3 Å². The fourth-order valence-corrected chi connectivity index (χ4v) is 3.72. The van der Waals surface area contributed by atoms with Gasteiger partial charge in [0.15, 0.2) is 0 Å². The SMILES string of the molecule is Cc1ncc(-c2ccncc2)c([C@H]2CCCN2C(=O)c2c(C)noc2C)n1. The Morgan fingerprint density at radius 1 is 1.22 bits per heavy atom. The lowest BCUT2D eigenvalue weighted by Gasteiger charge is -2.26. The monoisotopic (exact) mass is 363 g/mol. The normalized spacial score (nSPS) is 16.7. The molecule has 4 heterocycles. The lowest BCUT2D eigenvalue weighted by atomic mass is 10.00. The number of carbonyl (C=O) groups excluding carboxylic acids is 1. The van der Waals surface area contributed by atoms with Gasteiger partial charge in [0.05, 0.1) is 17.4 Å². The van der Waals surface area contributed by atoms with Gasteiger partial charge in [-0.2, -0.15) is 0 Å². The van der Waals surface area contributed by atoms with Crippen LogP contribution in [0.2, 0.25) is 0 Å². The van der Waals surface area contributed by atoms with Crippen molar-refractivity contribution in [3.8, 4) is 11.1 Å². The average Bonchev–Trinajstić information content (AvgIpc) is 3.29. The van der Waals surface area contributed by atoms with Crippen LogP contribution in [0.4, 0.5) is 0 Å². The first-order valence-electron chi connectivity index (χ1n) is 9.04. The van der Waals surface area contributed by atoms with Crippen LogP contribution in [0.25, 0.3) is 11.1 Å². The van der Waals surface area contributed by atoms with Gasteiger partial charge in [0.2, 0.25) is 0 Å². The first-order chi connectivity index (χ1) is 13.1. The van der Waals surface area contributed by atoms with Gasteiger partial charge in [0.1, 0.15) is 17.1 Å². The van der Waals surface area contributed by atoms with Gasteiger partial charge in [-0.3, -0.25) is 9.78 Å². The van der Waals surface area contributed by atoms with Crippen molar-refractivity contribution >= 4 is 5.91 Å².